The Hall–Kier alpha value is -2.99. The summed E-state index contributed by atoms with van der Waals surface area (Å²) in [5, 5.41) is 13.7. The molecule has 0 spiro atoms. The number of aliphatic hydroxyl groups is 1. The van der Waals surface area contributed by atoms with E-state index in [1.165, 1.54) is 0 Å². The third kappa shape index (κ3) is 6.11. The van der Waals surface area contributed by atoms with Crippen LogP contribution in [0.1, 0.15) is 64.0 Å². The molecule has 182 valence electrons. The highest BCUT2D eigenvalue weighted by atomic mass is 16.3. The van der Waals surface area contributed by atoms with E-state index < -0.39 is 18.2 Å². The zero-order valence-electron chi connectivity index (χ0n) is 20.7. The van der Waals surface area contributed by atoms with Gasteiger partial charge in [-0.15, -0.1) is 0 Å². The SMILES string of the molecule is CCCCC[C@H](O)C(CC(C)C)C(=O)NC1N=C(c2ccccc2)c2ccccc2N(C)C1=O. The van der Waals surface area contributed by atoms with E-state index in [4.69, 9.17) is 4.99 Å². The van der Waals surface area contributed by atoms with Crippen LogP contribution in [0, 0.1) is 11.8 Å². The fourth-order valence-corrected chi connectivity index (χ4v) is 4.44. The van der Waals surface area contributed by atoms with Gasteiger partial charge in [0.1, 0.15) is 0 Å². The molecule has 3 atom stereocenters. The summed E-state index contributed by atoms with van der Waals surface area (Å²) < 4.78 is 0. The number of hydrogen-bond acceptors (Lipinski definition) is 4. The zero-order chi connectivity index (χ0) is 24.7. The number of aliphatic imine (C=N–C) groups is 1. The van der Waals surface area contributed by atoms with Crippen molar-refractivity contribution in [3.05, 3.63) is 65.7 Å². The highest BCUT2D eigenvalue weighted by Crippen LogP contribution is 2.28. The van der Waals surface area contributed by atoms with Crippen LogP contribution in [0.5, 0.6) is 0 Å². The van der Waals surface area contributed by atoms with Crippen LogP contribution in [0.3, 0.4) is 0 Å². The van der Waals surface area contributed by atoms with E-state index in [1.807, 2.05) is 68.4 Å². The summed E-state index contributed by atoms with van der Waals surface area (Å²) in [4.78, 5) is 33.1. The van der Waals surface area contributed by atoms with Gasteiger partial charge in [-0.25, -0.2) is 4.99 Å². The molecule has 1 heterocycles. The number of carbonyl (C=O) groups is 2. The van der Waals surface area contributed by atoms with Crippen molar-refractivity contribution in [3.8, 4) is 0 Å². The quantitative estimate of drug-likeness (QED) is 0.507. The Balaban J connectivity index is 1.94. The summed E-state index contributed by atoms with van der Waals surface area (Å²) in [6, 6.07) is 17.3. The Morgan fingerprint density at radius 3 is 2.44 bits per heavy atom. The van der Waals surface area contributed by atoms with Gasteiger partial charge in [0, 0.05) is 18.2 Å². The van der Waals surface area contributed by atoms with Crippen LogP contribution in [-0.4, -0.2) is 41.9 Å². The number of benzene rings is 2. The van der Waals surface area contributed by atoms with Crippen molar-refractivity contribution in [2.75, 3.05) is 11.9 Å². The average molecular weight is 464 g/mol. The molecule has 1 aliphatic rings. The average Bonchev–Trinajstić information content (AvgIpc) is 2.93. The topological polar surface area (TPSA) is 82.0 Å². The number of nitrogens with zero attached hydrogens (tertiary/aromatic N) is 2. The lowest BCUT2D eigenvalue weighted by atomic mass is 9.88. The van der Waals surface area contributed by atoms with Gasteiger partial charge in [-0.3, -0.25) is 9.59 Å². The number of likely N-dealkylation sites (N-methyl/N-ethyl adjacent to an activating group) is 1. The van der Waals surface area contributed by atoms with Gasteiger partial charge >= 0.3 is 0 Å². The lowest BCUT2D eigenvalue weighted by molar-refractivity contribution is -0.133. The number of benzodiazepines with no additional fused rings is 1. The molecule has 0 saturated carbocycles. The molecular formula is C28H37N3O3. The number of amides is 2. The van der Waals surface area contributed by atoms with Gasteiger partial charge in [0.2, 0.25) is 12.1 Å². The largest absolute Gasteiger partial charge is 0.392 e. The summed E-state index contributed by atoms with van der Waals surface area (Å²) in [6.07, 6.45) is 2.23. The molecule has 0 bridgehead atoms. The lowest BCUT2D eigenvalue weighted by Gasteiger charge is -2.26. The summed E-state index contributed by atoms with van der Waals surface area (Å²) >= 11 is 0. The molecule has 0 radical (unpaired) electrons. The van der Waals surface area contributed by atoms with Crippen molar-refractivity contribution in [1.29, 1.82) is 0 Å². The highest BCUT2D eigenvalue weighted by Gasteiger charge is 2.34. The number of nitrogens with one attached hydrogen (secondary N) is 1. The van der Waals surface area contributed by atoms with Crippen LogP contribution in [0.4, 0.5) is 5.69 Å². The highest BCUT2D eigenvalue weighted by molar-refractivity contribution is 6.20. The number of carbonyl (C=O) groups excluding carboxylic acids is 2. The second kappa shape index (κ2) is 11.9. The van der Waals surface area contributed by atoms with Crippen LogP contribution in [-0.2, 0) is 9.59 Å². The first-order chi connectivity index (χ1) is 16.3. The van der Waals surface area contributed by atoms with Crippen molar-refractivity contribution in [1.82, 2.24) is 5.32 Å². The number of rotatable bonds is 10. The Labute approximate surface area is 203 Å². The van der Waals surface area contributed by atoms with E-state index in [-0.39, 0.29) is 17.7 Å². The smallest absolute Gasteiger partial charge is 0.272 e. The number of para-hydroxylation sites is 1. The molecule has 2 aromatic rings. The zero-order valence-corrected chi connectivity index (χ0v) is 20.7. The van der Waals surface area contributed by atoms with E-state index in [0.29, 0.717) is 18.6 Å². The van der Waals surface area contributed by atoms with Crippen molar-refractivity contribution in [3.63, 3.8) is 0 Å². The fourth-order valence-electron chi connectivity index (χ4n) is 4.44. The van der Waals surface area contributed by atoms with Gasteiger partial charge in [-0.05, 0) is 24.8 Å². The molecule has 6 nitrogen and oxygen atoms in total. The third-order valence-electron chi connectivity index (χ3n) is 6.30. The number of unbranched alkanes of at least 4 members (excludes halogenated alkanes) is 2. The maximum Gasteiger partial charge on any atom is 0.272 e. The van der Waals surface area contributed by atoms with Crippen molar-refractivity contribution < 1.29 is 14.7 Å². The van der Waals surface area contributed by atoms with Crippen LogP contribution in [0.2, 0.25) is 0 Å². The fraction of sp³-hybridized carbons (Fsp3) is 0.464. The van der Waals surface area contributed by atoms with Gasteiger partial charge < -0.3 is 15.3 Å². The minimum absolute atomic E-state index is 0.233. The first-order valence-electron chi connectivity index (χ1n) is 12.3. The van der Waals surface area contributed by atoms with Gasteiger partial charge in [0.15, 0.2) is 0 Å². The van der Waals surface area contributed by atoms with E-state index in [9.17, 15) is 14.7 Å². The van der Waals surface area contributed by atoms with Crippen LogP contribution >= 0.6 is 0 Å². The molecule has 6 heteroatoms. The number of fused-ring (bicyclic) bond motifs is 1. The number of hydrogen-bond donors (Lipinski definition) is 2. The molecule has 0 saturated heterocycles. The van der Waals surface area contributed by atoms with Gasteiger partial charge in [-0.2, -0.15) is 0 Å². The van der Waals surface area contributed by atoms with Crippen LogP contribution in [0.15, 0.2) is 59.6 Å². The molecule has 34 heavy (non-hydrogen) atoms. The predicted molar refractivity (Wildman–Crippen MR) is 137 cm³/mol. The Morgan fingerprint density at radius 2 is 1.76 bits per heavy atom. The molecule has 0 fully saturated rings. The molecule has 0 aliphatic carbocycles. The second-order valence-corrected chi connectivity index (χ2v) is 9.47. The van der Waals surface area contributed by atoms with Gasteiger partial charge in [-0.1, -0.05) is 88.6 Å². The van der Waals surface area contributed by atoms with Gasteiger partial charge in [0.25, 0.3) is 5.91 Å². The summed E-state index contributed by atoms with van der Waals surface area (Å²) in [5.74, 6) is -0.991. The number of aliphatic hydroxyl groups excluding tert-OH is 1. The summed E-state index contributed by atoms with van der Waals surface area (Å²) in [6.45, 7) is 6.18. The van der Waals surface area contributed by atoms with Crippen LogP contribution in [0.25, 0.3) is 0 Å². The molecule has 2 amide bonds. The second-order valence-electron chi connectivity index (χ2n) is 9.47. The molecule has 2 aromatic carbocycles. The van der Waals surface area contributed by atoms with E-state index >= 15 is 0 Å². The maximum absolute atomic E-state index is 13.4. The number of anilines is 1. The van der Waals surface area contributed by atoms with Gasteiger partial charge in [0.05, 0.1) is 23.4 Å². The van der Waals surface area contributed by atoms with Crippen molar-refractivity contribution in [2.45, 2.75) is 65.1 Å². The molecule has 3 rings (SSSR count). The molecule has 2 N–H and O–H groups in total. The Morgan fingerprint density at radius 1 is 1.09 bits per heavy atom. The monoisotopic (exact) mass is 463 g/mol. The van der Waals surface area contributed by atoms with E-state index in [1.54, 1.807) is 11.9 Å². The minimum Gasteiger partial charge on any atom is -0.392 e. The predicted octanol–water partition coefficient (Wildman–Crippen LogP) is 4.55. The lowest BCUT2D eigenvalue weighted by Crippen LogP contribution is -2.49. The molecule has 1 aliphatic heterocycles. The van der Waals surface area contributed by atoms with Crippen molar-refractivity contribution >= 4 is 23.2 Å². The normalized spacial score (nSPS) is 17.6. The molecule has 2 unspecified atom stereocenters. The minimum atomic E-state index is -1.07. The third-order valence-corrected chi connectivity index (χ3v) is 6.30. The Kier molecular flexibility index (Phi) is 8.99. The molecular weight excluding hydrogens is 426 g/mol. The first kappa shape index (κ1) is 25.6. The summed E-state index contributed by atoms with van der Waals surface area (Å²) in [7, 11) is 1.70. The van der Waals surface area contributed by atoms with E-state index in [0.717, 1.165) is 36.1 Å². The Bertz CT molecular complexity index is 1000. The standard InChI is InChI=1S/C28H37N3O3/c1-5-6-8-17-24(32)22(18-19(2)3)27(33)30-26-28(34)31(4)23-16-12-11-15-21(23)25(29-26)20-13-9-7-10-14-20/h7,9-16,19,22,24,26,32H,5-6,8,17-18H2,1-4H3,(H,30,33)/t22?,24-,26?/m0/s1. The maximum atomic E-state index is 13.4. The molecule has 0 aromatic heterocycles. The van der Waals surface area contributed by atoms with Crippen molar-refractivity contribution in [2.24, 2.45) is 16.8 Å². The van der Waals surface area contributed by atoms with Crippen LogP contribution < -0.4 is 10.2 Å². The van der Waals surface area contributed by atoms with E-state index in [2.05, 4.69) is 12.2 Å². The summed E-state index contributed by atoms with van der Waals surface area (Å²) in [5.41, 5.74) is 3.10. The first-order valence-corrected chi connectivity index (χ1v) is 12.3.